The van der Waals surface area contributed by atoms with Crippen LogP contribution in [-0.2, 0) is 0 Å². The summed E-state index contributed by atoms with van der Waals surface area (Å²) in [7, 11) is 0. The first-order chi connectivity index (χ1) is 8.42. The van der Waals surface area contributed by atoms with Gasteiger partial charge in [0.25, 0.3) is 5.82 Å². The number of hydrogen-bond acceptors (Lipinski definition) is 2. The Bertz CT molecular complexity index is 484. The van der Waals surface area contributed by atoms with Gasteiger partial charge in [-0.25, -0.2) is 0 Å². The third-order valence-corrected chi connectivity index (χ3v) is 2.22. The van der Waals surface area contributed by atoms with Crippen LogP contribution in [0.25, 0.3) is 0 Å². The summed E-state index contributed by atoms with van der Waals surface area (Å²) in [6.07, 6.45) is 1.76. The van der Waals surface area contributed by atoms with Gasteiger partial charge in [-0.05, 0) is 25.1 Å². The van der Waals surface area contributed by atoms with Crippen LogP contribution in [0, 0.1) is 0 Å². The minimum Gasteiger partial charge on any atom is -0.155 e. The van der Waals surface area contributed by atoms with E-state index < -0.39 is 0 Å². The molecule has 2 aromatic rings. The fraction of sp³-hybridized carbons (Fsp3) is 0.143. The first-order valence-corrected chi connectivity index (χ1v) is 5.60. The molecule has 0 bridgehead atoms. The van der Waals surface area contributed by atoms with Gasteiger partial charge in [0.15, 0.2) is 0 Å². The van der Waals surface area contributed by atoms with Crippen molar-refractivity contribution in [3.8, 4) is 0 Å². The third-order valence-electron chi connectivity index (χ3n) is 2.22. The molecule has 0 atom stereocenters. The van der Waals surface area contributed by atoms with E-state index in [-0.39, 0.29) is 0 Å². The molecule has 0 aliphatic heterocycles. The predicted octanol–water partition coefficient (Wildman–Crippen LogP) is 3.11. The van der Waals surface area contributed by atoms with E-state index in [4.69, 9.17) is 0 Å². The van der Waals surface area contributed by atoms with E-state index in [1.165, 1.54) is 0 Å². The molecule has 0 spiro atoms. The van der Waals surface area contributed by atoms with Crippen LogP contribution in [0.5, 0.6) is 0 Å². The second kappa shape index (κ2) is 5.73. The lowest BCUT2D eigenvalue weighted by Crippen LogP contribution is -2.03. The highest BCUT2D eigenvalue weighted by Gasteiger charge is 2.08. The Labute approximate surface area is 101 Å². The molecule has 0 fully saturated rings. The van der Waals surface area contributed by atoms with E-state index in [2.05, 4.69) is 16.0 Å². The number of para-hydroxylation sites is 1. The first-order valence-electron chi connectivity index (χ1n) is 5.60. The van der Waals surface area contributed by atoms with Crippen molar-refractivity contribution < 1.29 is 0 Å². The van der Waals surface area contributed by atoms with Crippen molar-refractivity contribution >= 4 is 17.5 Å². The molecule has 1 aromatic carbocycles. The molecule has 2 rings (SSSR count). The molecule has 84 valence electrons. The average Bonchev–Trinajstić information content (AvgIpc) is 2.42. The van der Waals surface area contributed by atoms with Crippen molar-refractivity contribution in [1.29, 1.82) is 0 Å². The van der Waals surface area contributed by atoms with Crippen molar-refractivity contribution in [2.45, 2.75) is 6.92 Å². The number of benzene rings is 1. The molecular formula is C14H14N3+. The minimum atomic E-state index is 0.705. The van der Waals surface area contributed by atoms with Gasteiger partial charge in [-0.3, -0.25) is 0 Å². The molecule has 1 aromatic heterocycles. The molecule has 1 heterocycles. The van der Waals surface area contributed by atoms with E-state index in [0.717, 1.165) is 11.5 Å². The van der Waals surface area contributed by atoms with Crippen LogP contribution >= 0.6 is 0 Å². The molecule has 3 nitrogen and oxygen atoms in total. The molecule has 17 heavy (non-hydrogen) atoms. The zero-order valence-electron chi connectivity index (χ0n) is 9.74. The third kappa shape index (κ3) is 2.86. The van der Waals surface area contributed by atoms with Gasteiger partial charge in [0.2, 0.25) is 6.01 Å². The number of aromatic nitrogens is 1. The summed E-state index contributed by atoms with van der Waals surface area (Å²) in [6.45, 7) is 2.69. The molecule has 0 aliphatic rings. The Balaban J connectivity index is 2.52. The van der Waals surface area contributed by atoms with Crippen LogP contribution in [-0.4, -0.2) is 17.5 Å². The van der Waals surface area contributed by atoms with Crippen molar-refractivity contribution in [3.63, 3.8) is 0 Å². The van der Waals surface area contributed by atoms with Gasteiger partial charge >= 0.3 is 0 Å². The number of pyridine rings is 1. The maximum absolute atomic E-state index is 4.31. The lowest BCUT2D eigenvalue weighted by atomic mass is 10.3. The SMILES string of the molecule is CCN=C=[N+](c1ccccc1)c1ccccn1. The molecule has 0 unspecified atom stereocenters. The van der Waals surface area contributed by atoms with Crippen molar-refractivity contribution in [1.82, 2.24) is 9.56 Å². The van der Waals surface area contributed by atoms with E-state index in [0.29, 0.717) is 6.54 Å². The summed E-state index contributed by atoms with van der Waals surface area (Å²) >= 11 is 0. The summed E-state index contributed by atoms with van der Waals surface area (Å²) in [5.41, 5.74) is 1.00. The second-order valence-electron chi connectivity index (χ2n) is 3.43. The number of aliphatic imine (C=N–C) groups is 1. The minimum absolute atomic E-state index is 0.705. The van der Waals surface area contributed by atoms with Gasteiger partial charge in [0, 0.05) is 6.07 Å². The Kier molecular flexibility index (Phi) is 3.79. The fourth-order valence-corrected chi connectivity index (χ4v) is 1.45. The molecular weight excluding hydrogens is 210 g/mol. The van der Waals surface area contributed by atoms with Gasteiger partial charge in [0.05, 0.1) is 0 Å². The van der Waals surface area contributed by atoms with Crippen LogP contribution in [0.3, 0.4) is 0 Å². The van der Waals surface area contributed by atoms with Gasteiger partial charge in [0.1, 0.15) is 18.4 Å². The summed E-state index contributed by atoms with van der Waals surface area (Å²) < 4.78 is 1.85. The highest BCUT2D eigenvalue weighted by molar-refractivity contribution is 5.61. The molecule has 0 N–H and O–H groups in total. The Morgan fingerprint density at radius 1 is 1.12 bits per heavy atom. The maximum atomic E-state index is 4.31. The first kappa shape index (κ1) is 11.2. The molecule has 3 heteroatoms. The smallest absolute Gasteiger partial charge is 0.155 e. The van der Waals surface area contributed by atoms with Gasteiger partial charge in [-0.15, -0.1) is 4.98 Å². The summed E-state index contributed by atoms with van der Waals surface area (Å²) in [6, 6.07) is 18.7. The lowest BCUT2D eigenvalue weighted by molar-refractivity contribution is 1.02. The number of hydrogen-bond donors (Lipinski definition) is 0. The van der Waals surface area contributed by atoms with E-state index in [9.17, 15) is 0 Å². The van der Waals surface area contributed by atoms with Crippen LogP contribution in [0.1, 0.15) is 6.92 Å². The van der Waals surface area contributed by atoms with Crippen LogP contribution in [0.4, 0.5) is 11.5 Å². The van der Waals surface area contributed by atoms with Crippen LogP contribution in [0.15, 0.2) is 59.7 Å². The Morgan fingerprint density at radius 3 is 2.53 bits per heavy atom. The second-order valence-corrected chi connectivity index (χ2v) is 3.43. The molecule has 0 radical (unpaired) electrons. The van der Waals surface area contributed by atoms with Crippen molar-refractivity contribution in [2.24, 2.45) is 4.99 Å². The molecule has 0 saturated carbocycles. The Hall–Kier alpha value is -2.25. The zero-order valence-corrected chi connectivity index (χ0v) is 9.74. The van der Waals surface area contributed by atoms with E-state index in [1.807, 2.05) is 60.0 Å². The van der Waals surface area contributed by atoms with Gasteiger partial charge < -0.3 is 0 Å². The van der Waals surface area contributed by atoms with Gasteiger partial charge in [-0.1, -0.05) is 29.3 Å². The van der Waals surface area contributed by atoms with Crippen molar-refractivity contribution in [3.05, 3.63) is 54.7 Å². The molecule has 0 saturated heterocycles. The van der Waals surface area contributed by atoms with Crippen molar-refractivity contribution in [2.75, 3.05) is 6.54 Å². The highest BCUT2D eigenvalue weighted by Crippen LogP contribution is 2.16. The lowest BCUT2D eigenvalue weighted by Gasteiger charge is -2.00. The number of rotatable bonds is 3. The monoisotopic (exact) mass is 224 g/mol. The fourth-order valence-electron chi connectivity index (χ4n) is 1.45. The topological polar surface area (TPSA) is 28.3 Å². The summed E-state index contributed by atoms with van der Waals surface area (Å²) in [5, 5.41) is 0. The largest absolute Gasteiger partial charge is 0.274 e. The van der Waals surface area contributed by atoms with Crippen LogP contribution < -0.4 is 4.58 Å². The van der Waals surface area contributed by atoms with E-state index >= 15 is 0 Å². The normalized spacial score (nSPS) is 9.47. The molecule has 0 aliphatic carbocycles. The maximum Gasteiger partial charge on any atom is 0.274 e. The number of nitrogens with zero attached hydrogens (tertiary/aromatic N) is 3. The standard InChI is InChI=1S/C14H14N3/c1-2-15-12-17(13-8-4-3-5-9-13)14-10-6-7-11-16-14/h3-11H,2H2,1H3/q+1. The zero-order chi connectivity index (χ0) is 11.9. The van der Waals surface area contributed by atoms with Gasteiger partial charge in [-0.2, -0.15) is 4.58 Å². The summed E-state index contributed by atoms with van der Waals surface area (Å²) in [4.78, 5) is 8.47. The highest BCUT2D eigenvalue weighted by atomic mass is 15.1. The Morgan fingerprint density at radius 2 is 1.88 bits per heavy atom. The average molecular weight is 224 g/mol. The van der Waals surface area contributed by atoms with E-state index in [1.54, 1.807) is 6.20 Å². The predicted molar refractivity (Wildman–Crippen MR) is 70.1 cm³/mol. The quantitative estimate of drug-likeness (QED) is 0.581. The molecule has 0 amide bonds. The van der Waals surface area contributed by atoms with Crippen LogP contribution in [0.2, 0.25) is 0 Å². The summed E-state index contributed by atoms with van der Waals surface area (Å²) in [5.74, 6) is 0.816.